The van der Waals surface area contributed by atoms with Crippen molar-refractivity contribution in [3.8, 4) is 0 Å². The number of nitrogens with zero attached hydrogens (tertiary/aromatic N) is 1. The van der Waals surface area contributed by atoms with Gasteiger partial charge in [-0.15, -0.1) is 0 Å². The third kappa shape index (κ3) is 7.11. The number of ketones is 1. The van der Waals surface area contributed by atoms with Gasteiger partial charge in [0, 0.05) is 6.54 Å². The van der Waals surface area contributed by atoms with Gasteiger partial charge in [0.2, 0.25) is 11.8 Å². The van der Waals surface area contributed by atoms with Crippen molar-refractivity contribution in [2.45, 2.75) is 111 Å². The van der Waals surface area contributed by atoms with Crippen LogP contribution in [-0.2, 0) is 28.7 Å². The van der Waals surface area contributed by atoms with Crippen molar-refractivity contribution in [1.82, 2.24) is 15.5 Å². The molecule has 0 aromatic heterocycles. The SMILES string of the molecule is COC(=O)C(=O)C(CC(C)C)NC(=O)[C@@H]1[C@@H]2[C@H](CN1C(=O)C(NC(=O)OC(C)(C)C)C1CCCCC1)C2(C)C. The van der Waals surface area contributed by atoms with E-state index < -0.39 is 47.5 Å². The summed E-state index contributed by atoms with van der Waals surface area (Å²) in [5.41, 5.74) is -0.860. The lowest BCUT2D eigenvalue weighted by Gasteiger charge is -2.37. The van der Waals surface area contributed by atoms with Crippen molar-refractivity contribution in [3.05, 3.63) is 0 Å². The van der Waals surface area contributed by atoms with Gasteiger partial charge < -0.3 is 25.0 Å². The minimum atomic E-state index is -1.04. The molecule has 3 amide bonds. The van der Waals surface area contributed by atoms with Crippen LogP contribution in [0.3, 0.4) is 0 Å². The van der Waals surface area contributed by atoms with Crippen LogP contribution >= 0.6 is 0 Å². The van der Waals surface area contributed by atoms with Crippen LogP contribution in [0.4, 0.5) is 4.79 Å². The van der Waals surface area contributed by atoms with Crippen LogP contribution in [0.5, 0.6) is 0 Å². The molecule has 2 N–H and O–H groups in total. The molecule has 1 heterocycles. The Hall–Kier alpha value is -2.65. The second kappa shape index (κ2) is 11.8. The summed E-state index contributed by atoms with van der Waals surface area (Å²) in [7, 11) is 1.13. The Balaban J connectivity index is 1.86. The minimum absolute atomic E-state index is 0.0315. The van der Waals surface area contributed by atoms with Crippen LogP contribution < -0.4 is 10.6 Å². The normalized spacial score (nSPS) is 25.8. The zero-order chi connectivity index (χ0) is 29.3. The number of fused-ring (bicyclic) bond motifs is 1. The minimum Gasteiger partial charge on any atom is -0.463 e. The molecule has 2 aliphatic carbocycles. The number of amides is 3. The molecule has 3 fully saturated rings. The number of hydrogen-bond donors (Lipinski definition) is 2. The van der Waals surface area contributed by atoms with E-state index in [1.165, 1.54) is 0 Å². The summed E-state index contributed by atoms with van der Waals surface area (Å²) in [4.78, 5) is 67.0. The number of piperidine rings is 1. The number of nitrogens with one attached hydrogen (secondary N) is 2. The molecule has 10 nitrogen and oxygen atoms in total. The summed E-state index contributed by atoms with van der Waals surface area (Å²) >= 11 is 0. The molecule has 2 saturated carbocycles. The van der Waals surface area contributed by atoms with Gasteiger partial charge >= 0.3 is 12.1 Å². The van der Waals surface area contributed by atoms with E-state index >= 15 is 0 Å². The van der Waals surface area contributed by atoms with Crippen LogP contribution in [0.15, 0.2) is 0 Å². The van der Waals surface area contributed by atoms with Crippen molar-refractivity contribution in [3.63, 3.8) is 0 Å². The average molecular weight is 550 g/mol. The highest BCUT2D eigenvalue weighted by molar-refractivity contribution is 6.36. The fourth-order valence-electron chi connectivity index (χ4n) is 6.48. The summed E-state index contributed by atoms with van der Waals surface area (Å²) in [6.07, 6.45) is 4.25. The molecule has 2 unspecified atom stereocenters. The quantitative estimate of drug-likeness (QED) is 0.333. The summed E-state index contributed by atoms with van der Waals surface area (Å²) < 4.78 is 10.1. The smallest absolute Gasteiger partial charge is 0.408 e. The van der Waals surface area contributed by atoms with E-state index in [1.54, 1.807) is 25.7 Å². The van der Waals surface area contributed by atoms with Crippen molar-refractivity contribution < 1.29 is 33.4 Å². The molecule has 3 aliphatic rings. The molecule has 0 aromatic rings. The zero-order valence-corrected chi connectivity index (χ0v) is 24.8. The number of alkyl carbamates (subject to hydrolysis) is 1. The molecular weight excluding hydrogens is 502 g/mol. The van der Waals surface area contributed by atoms with Crippen molar-refractivity contribution in [1.29, 1.82) is 0 Å². The third-order valence-electron chi connectivity index (χ3n) is 8.55. The molecule has 0 bridgehead atoms. The Morgan fingerprint density at radius 2 is 1.62 bits per heavy atom. The van der Waals surface area contributed by atoms with E-state index in [-0.39, 0.29) is 41.4 Å². The molecule has 10 heteroatoms. The fourth-order valence-corrected chi connectivity index (χ4v) is 6.48. The second-order valence-corrected chi connectivity index (χ2v) is 13.5. The molecule has 3 rings (SSSR count). The number of carbonyl (C=O) groups is 5. The first-order valence-electron chi connectivity index (χ1n) is 14.3. The van der Waals surface area contributed by atoms with Crippen LogP contribution in [-0.4, -0.2) is 71.9 Å². The summed E-state index contributed by atoms with van der Waals surface area (Å²) in [6.45, 7) is 13.6. The van der Waals surface area contributed by atoms with Crippen LogP contribution in [0.25, 0.3) is 0 Å². The molecular formula is C29H47N3O7. The van der Waals surface area contributed by atoms with Gasteiger partial charge in [-0.2, -0.15) is 0 Å². The van der Waals surface area contributed by atoms with E-state index in [9.17, 15) is 24.0 Å². The van der Waals surface area contributed by atoms with E-state index in [4.69, 9.17) is 4.74 Å². The van der Waals surface area contributed by atoms with Crippen LogP contribution in [0.1, 0.15) is 87.0 Å². The number of rotatable bonds is 9. The van der Waals surface area contributed by atoms with Gasteiger partial charge in [0.25, 0.3) is 5.78 Å². The van der Waals surface area contributed by atoms with Gasteiger partial charge in [-0.3, -0.25) is 14.4 Å². The molecule has 39 heavy (non-hydrogen) atoms. The van der Waals surface area contributed by atoms with Gasteiger partial charge in [0.1, 0.15) is 17.7 Å². The maximum Gasteiger partial charge on any atom is 0.408 e. The Morgan fingerprint density at radius 1 is 1.00 bits per heavy atom. The van der Waals surface area contributed by atoms with Gasteiger partial charge in [-0.25, -0.2) is 9.59 Å². The second-order valence-electron chi connectivity index (χ2n) is 13.5. The maximum absolute atomic E-state index is 14.1. The van der Waals surface area contributed by atoms with Crippen LogP contribution in [0, 0.1) is 29.1 Å². The van der Waals surface area contributed by atoms with Gasteiger partial charge in [0.15, 0.2) is 0 Å². The Bertz CT molecular complexity index is 964. The molecule has 0 spiro atoms. The topological polar surface area (TPSA) is 131 Å². The zero-order valence-electron chi connectivity index (χ0n) is 24.8. The highest BCUT2D eigenvalue weighted by atomic mass is 16.6. The first-order valence-corrected chi connectivity index (χ1v) is 14.3. The molecule has 5 atom stereocenters. The average Bonchev–Trinajstić information content (AvgIpc) is 3.17. The van der Waals surface area contributed by atoms with E-state index in [2.05, 4.69) is 29.2 Å². The van der Waals surface area contributed by atoms with Crippen molar-refractivity contribution in [2.75, 3.05) is 13.7 Å². The number of methoxy groups -OCH3 is 1. The summed E-state index contributed by atoms with van der Waals surface area (Å²) in [5.74, 6) is -2.54. The Labute approximate surface area is 232 Å². The lowest BCUT2D eigenvalue weighted by atomic mass is 9.83. The van der Waals surface area contributed by atoms with Gasteiger partial charge in [-0.05, 0) is 69.1 Å². The van der Waals surface area contributed by atoms with E-state index in [1.807, 2.05) is 13.8 Å². The Kier molecular flexibility index (Phi) is 9.38. The molecule has 220 valence electrons. The monoisotopic (exact) mass is 549 g/mol. The molecule has 0 aromatic carbocycles. The number of ether oxygens (including phenoxy) is 2. The van der Waals surface area contributed by atoms with Crippen molar-refractivity contribution in [2.24, 2.45) is 29.1 Å². The van der Waals surface area contributed by atoms with E-state index in [0.717, 1.165) is 39.2 Å². The highest BCUT2D eigenvalue weighted by Crippen LogP contribution is 2.65. The summed E-state index contributed by atoms with van der Waals surface area (Å²) in [5, 5.41) is 5.62. The van der Waals surface area contributed by atoms with Crippen LogP contribution in [0.2, 0.25) is 0 Å². The van der Waals surface area contributed by atoms with Crippen molar-refractivity contribution >= 4 is 29.7 Å². The van der Waals surface area contributed by atoms with Gasteiger partial charge in [0.05, 0.1) is 13.2 Å². The van der Waals surface area contributed by atoms with Gasteiger partial charge in [-0.1, -0.05) is 47.0 Å². The predicted octanol–water partition coefficient (Wildman–Crippen LogP) is 3.22. The van der Waals surface area contributed by atoms with E-state index in [0.29, 0.717) is 6.54 Å². The third-order valence-corrected chi connectivity index (χ3v) is 8.55. The molecule has 1 aliphatic heterocycles. The summed E-state index contributed by atoms with van der Waals surface area (Å²) in [6, 6.07) is -2.65. The number of carbonyl (C=O) groups excluding carboxylic acids is 5. The largest absolute Gasteiger partial charge is 0.463 e. The first kappa shape index (κ1) is 30.9. The number of esters is 1. The molecule has 0 radical (unpaired) electrons. The maximum atomic E-state index is 14.1. The lowest BCUT2D eigenvalue weighted by molar-refractivity contribution is -0.153. The lowest BCUT2D eigenvalue weighted by Crippen LogP contribution is -2.59. The molecule has 1 saturated heterocycles. The fraction of sp³-hybridized carbons (Fsp3) is 0.828. The first-order chi connectivity index (χ1) is 18.1. The number of hydrogen-bond acceptors (Lipinski definition) is 7. The number of Topliss-reactive ketones (excluding diaryl/α,β-unsaturated/α-hetero) is 1. The number of likely N-dealkylation sites (tertiary alicyclic amines) is 1. The Morgan fingerprint density at radius 3 is 2.15 bits per heavy atom. The highest BCUT2D eigenvalue weighted by Gasteiger charge is 2.69. The predicted molar refractivity (Wildman–Crippen MR) is 144 cm³/mol. The standard InChI is InChI=1S/C29H47N3O7/c1-16(2)14-19(23(33)26(36)38-8)30-24(34)22-20-18(29(20,6)7)15-32(22)25(35)21(17-12-10-9-11-13-17)31-27(37)39-28(3,4)5/h16-22H,9-15H2,1-8H3,(H,30,34)(H,31,37)/t18-,19?,20-,21?,22-/m0/s1.